The highest BCUT2D eigenvalue weighted by Crippen LogP contribution is 2.23. The second kappa shape index (κ2) is 3.91. The molecule has 0 aliphatic rings. The summed E-state index contributed by atoms with van der Waals surface area (Å²) >= 11 is 0. The zero-order valence-corrected chi connectivity index (χ0v) is 6.70. The molecule has 0 heterocycles. The van der Waals surface area contributed by atoms with Crippen molar-refractivity contribution in [3.05, 3.63) is 34.9 Å². The van der Waals surface area contributed by atoms with Crippen LogP contribution in [-0.2, 0) is 0 Å². The minimum absolute atomic E-state index is 0.220. The van der Waals surface area contributed by atoms with Crippen LogP contribution in [0.1, 0.15) is 11.7 Å². The van der Waals surface area contributed by atoms with Gasteiger partial charge in [-0.05, 0) is 6.07 Å². The van der Waals surface area contributed by atoms with Crippen molar-refractivity contribution in [1.29, 1.82) is 0 Å². The molecule has 0 aliphatic heterocycles. The third-order valence-corrected chi connectivity index (χ3v) is 1.64. The number of hydrogen-bond donors (Lipinski definition) is 1. The summed E-state index contributed by atoms with van der Waals surface area (Å²) in [6.45, 7) is -1.42. The highest BCUT2D eigenvalue weighted by molar-refractivity contribution is 5.23. The van der Waals surface area contributed by atoms with E-state index >= 15 is 0 Å². The fourth-order valence-corrected chi connectivity index (χ4v) is 0.917. The van der Waals surface area contributed by atoms with Crippen LogP contribution in [0.25, 0.3) is 0 Å². The summed E-state index contributed by atoms with van der Waals surface area (Å²) < 4.78 is 62.0. The number of rotatable bonds is 2. The van der Waals surface area contributed by atoms with Crippen molar-refractivity contribution in [2.24, 2.45) is 0 Å². The maximum atomic E-state index is 12.8. The zero-order valence-electron chi connectivity index (χ0n) is 6.70. The fraction of sp³-hybridized carbons (Fsp3) is 0.250. The molecule has 0 fully saturated rings. The monoisotopic (exact) mass is 212 g/mol. The largest absolute Gasteiger partial charge is 0.386 e. The summed E-state index contributed by atoms with van der Waals surface area (Å²) in [5, 5.41) is 8.78. The van der Waals surface area contributed by atoms with E-state index in [1.54, 1.807) is 0 Å². The summed E-state index contributed by atoms with van der Waals surface area (Å²) in [4.78, 5) is 0. The van der Waals surface area contributed by atoms with E-state index < -0.39 is 41.6 Å². The lowest BCUT2D eigenvalue weighted by atomic mass is 10.1. The first-order valence-corrected chi connectivity index (χ1v) is 3.56. The van der Waals surface area contributed by atoms with Crippen molar-refractivity contribution in [2.45, 2.75) is 6.10 Å². The molecule has 0 amide bonds. The third-order valence-electron chi connectivity index (χ3n) is 1.64. The quantitative estimate of drug-likeness (QED) is 0.453. The van der Waals surface area contributed by atoms with Gasteiger partial charge in [-0.15, -0.1) is 0 Å². The Hall–Kier alpha value is -1.17. The Balaban J connectivity index is 3.33. The Bertz CT molecular complexity index is 352. The van der Waals surface area contributed by atoms with Crippen LogP contribution in [0.5, 0.6) is 0 Å². The van der Waals surface area contributed by atoms with Crippen LogP contribution >= 0.6 is 0 Å². The van der Waals surface area contributed by atoms with E-state index in [4.69, 9.17) is 5.11 Å². The molecule has 1 atom stereocenters. The Morgan fingerprint density at radius 2 is 1.64 bits per heavy atom. The van der Waals surface area contributed by atoms with Crippen LogP contribution in [0.2, 0.25) is 0 Å². The topological polar surface area (TPSA) is 20.2 Å². The SMILES string of the molecule is OC(CF)c1cc(F)c(F)c(F)c1F. The van der Waals surface area contributed by atoms with Gasteiger partial charge in [0.2, 0.25) is 0 Å². The van der Waals surface area contributed by atoms with E-state index in [9.17, 15) is 22.0 Å². The van der Waals surface area contributed by atoms with Gasteiger partial charge in [0, 0.05) is 5.56 Å². The van der Waals surface area contributed by atoms with Gasteiger partial charge in [-0.2, -0.15) is 0 Å². The number of alkyl halides is 1. The first kappa shape index (κ1) is 10.9. The molecular formula is C8H5F5O. The molecule has 1 aromatic carbocycles. The number of halogens is 5. The van der Waals surface area contributed by atoms with E-state index in [1.165, 1.54) is 0 Å². The van der Waals surface area contributed by atoms with Gasteiger partial charge < -0.3 is 5.11 Å². The van der Waals surface area contributed by atoms with Gasteiger partial charge in [0.05, 0.1) is 0 Å². The van der Waals surface area contributed by atoms with Crippen molar-refractivity contribution in [3.63, 3.8) is 0 Å². The van der Waals surface area contributed by atoms with E-state index in [2.05, 4.69) is 0 Å². The van der Waals surface area contributed by atoms with Gasteiger partial charge in [-0.25, -0.2) is 22.0 Å². The van der Waals surface area contributed by atoms with Crippen LogP contribution < -0.4 is 0 Å². The lowest BCUT2D eigenvalue weighted by molar-refractivity contribution is 0.136. The van der Waals surface area contributed by atoms with Gasteiger partial charge >= 0.3 is 0 Å². The molecule has 1 unspecified atom stereocenters. The van der Waals surface area contributed by atoms with Crippen LogP contribution in [0.3, 0.4) is 0 Å². The number of hydrogen-bond acceptors (Lipinski definition) is 1. The minimum Gasteiger partial charge on any atom is -0.386 e. The van der Waals surface area contributed by atoms with Crippen molar-refractivity contribution in [3.8, 4) is 0 Å². The van der Waals surface area contributed by atoms with Crippen LogP contribution in [0.4, 0.5) is 22.0 Å². The smallest absolute Gasteiger partial charge is 0.197 e. The number of aliphatic hydroxyl groups is 1. The summed E-state index contributed by atoms with van der Waals surface area (Å²) in [5.41, 5.74) is -0.941. The Kier molecular flexibility index (Phi) is 3.05. The molecular weight excluding hydrogens is 207 g/mol. The van der Waals surface area contributed by atoms with Gasteiger partial charge in [0.1, 0.15) is 12.8 Å². The summed E-state index contributed by atoms with van der Waals surface area (Å²) in [7, 11) is 0. The molecule has 1 rings (SSSR count). The molecule has 1 nitrogen and oxygen atoms in total. The van der Waals surface area contributed by atoms with Gasteiger partial charge in [-0.3, -0.25) is 0 Å². The van der Waals surface area contributed by atoms with E-state index in [0.29, 0.717) is 0 Å². The van der Waals surface area contributed by atoms with Gasteiger partial charge in [-0.1, -0.05) is 0 Å². The summed E-state index contributed by atoms with van der Waals surface area (Å²) in [6.07, 6.45) is -2.00. The highest BCUT2D eigenvalue weighted by atomic mass is 19.2. The van der Waals surface area contributed by atoms with Crippen molar-refractivity contribution < 1.29 is 27.1 Å². The molecule has 0 bridgehead atoms. The Morgan fingerprint density at radius 1 is 1.07 bits per heavy atom. The first-order valence-electron chi connectivity index (χ1n) is 3.56. The first-order chi connectivity index (χ1) is 6.49. The molecule has 0 radical (unpaired) electrons. The number of benzene rings is 1. The molecule has 78 valence electrons. The lowest BCUT2D eigenvalue weighted by Crippen LogP contribution is -2.07. The molecule has 1 N–H and O–H groups in total. The predicted molar refractivity (Wildman–Crippen MR) is 37.2 cm³/mol. The molecule has 0 saturated carbocycles. The van der Waals surface area contributed by atoms with Gasteiger partial charge in [0.15, 0.2) is 23.3 Å². The maximum Gasteiger partial charge on any atom is 0.197 e. The Labute approximate surface area is 75.8 Å². The molecule has 1 aromatic rings. The van der Waals surface area contributed by atoms with Crippen LogP contribution in [-0.4, -0.2) is 11.8 Å². The van der Waals surface area contributed by atoms with Crippen LogP contribution in [0, 0.1) is 23.3 Å². The molecule has 6 heteroatoms. The number of aliphatic hydroxyl groups excluding tert-OH is 1. The van der Waals surface area contributed by atoms with E-state index in [-0.39, 0.29) is 6.07 Å². The maximum absolute atomic E-state index is 12.8. The summed E-state index contributed by atoms with van der Waals surface area (Å²) in [5.74, 6) is -7.51. The minimum atomic E-state index is -2.06. The average molecular weight is 212 g/mol. The third kappa shape index (κ3) is 1.70. The van der Waals surface area contributed by atoms with Crippen molar-refractivity contribution in [2.75, 3.05) is 6.67 Å². The molecule has 14 heavy (non-hydrogen) atoms. The van der Waals surface area contributed by atoms with Crippen molar-refractivity contribution >= 4 is 0 Å². The average Bonchev–Trinajstić information content (AvgIpc) is 2.19. The summed E-state index contributed by atoms with van der Waals surface area (Å²) in [6, 6.07) is 0.220. The lowest BCUT2D eigenvalue weighted by Gasteiger charge is -2.08. The fourth-order valence-electron chi connectivity index (χ4n) is 0.917. The highest BCUT2D eigenvalue weighted by Gasteiger charge is 2.22. The van der Waals surface area contributed by atoms with Crippen LogP contribution in [0.15, 0.2) is 6.07 Å². The van der Waals surface area contributed by atoms with E-state index in [0.717, 1.165) is 0 Å². The molecule has 0 spiro atoms. The van der Waals surface area contributed by atoms with E-state index in [1.807, 2.05) is 0 Å². The standard InChI is InChI=1S/C8H5F5O/c9-2-5(14)3-1-4(10)7(12)8(13)6(3)11/h1,5,14H,2H2. The Morgan fingerprint density at radius 3 is 2.14 bits per heavy atom. The second-order valence-electron chi connectivity index (χ2n) is 2.56. The van der Waals surface area contributed by atoms with Crippen molar-refractivity contribution in [1.82, 2.24) is 0 Å². The van der Waals surface area contributed by atoms with Gasteiger partial charge in [0.25, 0.3) is 0 Å². The molecule has 0 aromatic heterocycles. The normalized spacial score (nSPS) is 13.0. The molecule has 0 saturated heterocycles. The predicted octanol–water partition coefficient (Wildman–Crippen LogP) is 2.25. The second-order valence-corrected chi connectivity index (χ2v) is 2.56. The zero-order chi connectivity index (χ0) is 10.9. The molecule has 0 aliphatic carbocycles.